The summed E-state index contributed by atoms with van der Waals surface area (Å²) in [5.41, 5.74) is -0.565. The maximum Gasteiger partial charge on any atom is 0.434 e. The number of furan rings is 1. The maximum absolute atomic E-state index is 12.5. The van der Waals surface area contributed by atoms with E-state index in [1.165, 1.54) is 0 Å². The van der Waals surface area contributed by atoms with Crippen molar-refractivity contribution in [2.45, 2.75) is 20.0 Å². The van der Waals surface area contributed by atoms with Crippen LogP contribution >= 0.6 is 22.7 Å². The minimum Gasteiger partial charge on any atom is -0.459 e. The Morgan fingerprint density at radius 3 is 2.58 bits per heavy atom. The fourth-order valence-electron chi connectivity index (χ4n) is 1.88. The summed E-state index contributed by atoms with van der Waals surface area (Å²) in [4.78, 5) is 20.2. The Kier molecular flexibility index (Phi) is 4.18. The van der Waals surface area contributed by atoms with Crippen LogP contribution in [0.3, 0.4) is 0 Å². The topological polar surface area (TPSA) is 68.0 Å². The molecule has 0 unspecified atom stereocenters. The smallest absolute Gasteiger partial charge is 0.434 e. The van der Waals surface area contributed by atoms with Gasteiger partial charge in [-0.25, -0.2) is 9.97 Å². The Hall–Kier alpha value is -2.20. The number of hydrogen-bond donors (Lipinski definition) is 1. The number of anilines is 1. The van der Waals surface area contributed by atoms with Gasteiger partial charge in [0, 0.05) is 5.38 Å². The highest BCUT2D eigenvalue weighted by atomic mass is 32.1. The number of aryl methyl sites for hydroxylation is 2. The molecule has 3 aromatic heterocycles. The summed E-state index contributed by atoms with van der Waals surface area (Å²) in [5, 5.41) is 3.64. The molecule has 0 saturated carbocycles. The molecule has 24 heavy (non-hydrogen) atoms. The third-order valence-corrected chi connectivity index (χ3v) is 4.90. The van der Waals surface area contributed by atoms with Crippen molar-refractivity contribution < 1.29 is 22.4 Å². The molecule has 3 heterocycles. The monoisotopic (exact) mass is 373 g/mol. The Labute approximate surface area is 142 Å². The van der Waals surface area contributed by atoms with Gasteiger partial charge in [-0.2, -0.15) is 13.2 Å². The lowest BCUT2D eigenvalue weighted by Crippen LogP contribution is -2.12. The molecule has 0 aliphatic carbocycles. The SMILES string of the molecule is Cc1ccc(-c2nc(C)c(C(=O)Nc3nc(C(F)(F)F)cs3)s2)o1. The Morgan fingerprint density at radius 2 is 2.00 bits per heavy atom. The Balaban J connectivity index is 1.80. The number of nitrogens with one attached hydrogen (secondary N) is 1. The number of alkyl halides is 3. The van der Waals surface area contributed by atoms with Gasteiger partial charge >= 0.3 is 6.18 Å². The van der Waals surface area contributed by atoms with Gasteiger partial charge in [0.05, 0.1) is 5.69 Å². The average molecular weight is 373 g/mol. The highest BCUT2D eigenvalue weighted by Gasteiger charge is 2.34. The third-order valence-electron chi connectivity index (χ3n) is 2.97. The molecule has 0 aliphatic heterocycles. The van der Waals surface area contributed by atoms with Gasteiger partial charge in [0.1, 0.15) is 10.6 Å². The van der Waals surface area contributed by atoms with Crippen LogP contribution in [0.25, 0.3) is 10.8 Å². The predicted octanol–water partition coefficient (Wildman–Crippen LogP) is 4.75. The number of rotatable bonds is 3. The molecular weight excluding hydrogens is 363 g/mol. The summed E-state index contributed by atoms with van der Waals surface area (Å²) in [5.74, 6) is 0.696. The second-order valence-corrected chi connectivity index (χ2v) is 6.69. The third kappa shape index (κ3) is 3.34. The second-order valence-electron chi connectivity index (χ2n) is 4.83. The number of nitrogens with zero attached hydrogens (tertiary/aromatic N) is 2. The fourth-order valence-corrected chi connectivity index (χ4v) is 3.51. The van der Waals surface area contributed by atoms with Crippen LogP contribution in [0, 0.1) is 13.8 Å². The van der Waals surface area contributed by atoms with Crippen molar-refractivity contribution in [3.05, 3.63) is 39.5 Å². The first-order valence-corrected chi connectivity index (χ1v) is 8.32. The molecule has 0 fully saturated rings. The van der Waals surface area contributed by atoms with E-state index in [0.717, 1.165) is 16.7 Å². The Morgan fingerprint density at radius 1 is 1.25 bits per heavy atom. The van der Waals surface area contributed by atoms with Crippen molar-refractivity contribution in [3.8, 4) is 10.8 Å². The number of amides is 1. The highest BCUT2D eigenvalue weighted by Crippen LogP contribution is 2.33. The van der Waals surface area contributed by atoms with Gasteiger partial charge in [-0.15, -0.1) is 22.7 Å². The fraction of sp³-hybridized carbons (Fsp3) is 0.214. The average Bonchev–Trinajstić information content (AvgIpc) is 3.17. The van der Waals surface area contributed by atoms with Gasteiger partial charge in [-0.05, 0) is 26.0 Å². The molecule has 0 aromatic carbocycles. The molecule has 126 valence electrons. The number of aromatic nitrogens is 2. The van der Waals surface area contributed by atoms with Gasteiger partial charge in [0.15, 0.2) is 21.6 Å². The number of carbonyl (C=O) groups is 1. The first-order chi connectivity index (χ1) is 11.2. The van der Waals surface area contributed by atoms with Gasteiger partial charge in [-0.3, -0.25) is 10.1 Å². The molecule has 3 aromatic rings. The first-order valence-electron chi connectivity index (χ1n) is 6.62. The van der Waals surface area contributed by atoms with Gasteiger partial charge in [0.2, 0.25) is 0 Å². The molecule has 0 aliphatic rings. The van der Waals surface area contributed by atoms with E-state index in [1.807, 2.05) is 0 Å². The molecule has 5 nitrogen and oxygen atoms in total. The van der Waals surface area contributed by atoms with Gasteiger partial charge < -0.3 is 4.42 Å². The molecular formula is C14H10F3N3O2S2. The van der Waals surface area contributed by atoms with Crippen molar-refractivity contribution in [1.29, 1.82) is 0 Å². The quantitative estimate of drug-likeness (QED) is 0.720. The van der Waals surface area contributed by atoms with E-state index in [9.17, 15) is 18.0 Å². The summed E-state index contributed by atoms with van der Waals surface area (Å²) >= 11 is 1.82. The summed E-state index contributed by atoms with van der Waals surface area (Å²) in [6, 6.07) is 3.52. The highest BCUT2D eigenvalue weighted by molar-refractivity contribution is 7.17. The van der Waals surface area contributed by atoms with Crippen LogP contribution in [0.2, 0.25) is 0 Å². The van der Waals surface area contributed by atoms with Crippen LogP contribution < -0.4 is 5.32 Å². The standard InChI is InChI=1S/C14H10F3N3O2S2/c1-6-3-4-8(22-6)12-18-7(2)10(24-12)11(21)20-13-19-9(5-23-13)14(15,16)17/h3-5H,1-2H3,(H,19,20,21). The first kappa shape index (κ1) is 16.7. The minimum atomic E-state index is -4.54. The molecule has 10 heteroatoms. The molecule has 1 amide bonds. The minimum absolute atomic E-state index is 0.115. The number of halogens is 3. The van der Waals surface area contributed by atoms with Crippen molar-refractivity contribution in [2.24, 2.45) is 0 Å². The molecule has 3 rings (SSSR count). The maximum atomic E-state index is 12.5. The van der Waals surface area contributed by atoms with Crippen LogP contribution in [0.1, 0.15) is 26.8 Å². The van der Waals surface area contributed by atoms with E-state index in [-0.39, 0.29) is 5.13 Å². The lowest BCUT2D eigenvalue weighted by molar-refractivity contribution is -0.140. The summed E-state index contributed by atoms with van der Waals surface area (Å²) in [6.07, 6.45) is -4.54. The van der Waals surface area contributed by atoms with Crippen LogP contribution in [-0.2, 0) is 6.18 Å². The van der Waals surface area contributed by atoms with Crippen LogP contribution in [0.15, 0.2) is 21.9 Å². The molecule has 0 radical (unpaired) electrons. The summed E-state index contributed by atoms with van der Waals surface area (Å²) in [7, 11) is 0. The zero-order chi connectivity index (χ0) is 17.5. The van der Waals surface area contributed by atoms with Gasteiger partial charge in [-0.1, -0.05) is 0 Å². The number of hydrogen-bond acceptors (Lipinski definition) is 6. The van der Waals surface area contributed by atoms with E-state index < -0.39 is 17.8 Å². The Bertz CT molecular complexity index is 895. The number of carbonyl (C=O) groups excluding carboxylic acids is 1. The summed E-state index contributed by atoms with van der Waals surface area (Å²) < 4.78 is 43.1. The van der Waals surface area contributed by atoms with E-state index in [2.05, 4.69) is 15.3 Å². The lowest BCUT2D eigenvalue weighted by atomic mass is 10.4. The van der Waals surface area contributed by atoms with E-state index >= 15 is 0 Å². The molecule has 0 atom stereocenters. The molecule has 0 bridgehead atoms. The number of thiazole rings is 2. The van der Waals surface area contributed by atoms with E-state index in [1.54, 1.807) is 26.0 Å². The largest absolute Gasteiger partial charge is 0.459 e. The zero-order valence-electron chi connectivity index (χ0n) is 12.4. The molecule has 0 spiro atoms. The van der Waals surface area contributed by atoms with E-state index in [4.69, 9.17) is 4.42 Å². The normalized spacial score (nSPS) is 11.7. The lowest BCUT2D eigenvalue weighted by Gasteiger charge is -2.01. The van der Waals surface area contributed by atoms with Crippen molar-refractivity contribution >= 4 is 33.7 Å². The predicted molar refractivity (Wildman–Crippen MR) is 84.4 cm³/mol. The van der Waals surface area contributed by atoms with Crippen LogP contribution in [-0.4, -0.2) is 15.9 Å². The second kappa shape index (κ2) is 6.02. The van der Waals surface area contributed by atoms with Crippen LogP contribution in [0.4, 0.5) is 18.3 Å². The summed E-state index contributed by atoms with van der Waals surface area (Å²) in [6.45, 7) is 3.44. The van der Waals surface area contributed by atoms with Gasteiger partial charge in [0.25, 0.3) is 5.91 Å². The van der Waals surface area contributed by atoms with Crippen molar-refractivity contribution in [2.75, 3.05) is 5.32 Å². The zero-order valence-corrected chi connectivity index (χ0v) is 14.0. The molecule has 1 N–H and O–H groups in total. The van der Waals surface area contributed by atoms with Crippen molar-refractivity contribution in [1.82, 2.24) is 9.97 Å². The van der Waals surface area contributed by atoms with Crippen LogP contribution in [0.5, 0.6) is 0 Å². The van der Waals surface area contributed by atoms with E-state index in [0.29, 0.717) is 38.4 Å². The molecule has 0 saturated heterocycles. The van der Waals surface area contributed by atoms with Crippen molar-refractivity contribution in [3.63, 3.8) is 0 Å².